The third-order valence-electron chi connectivity index (χ3n) is 1.61. The van der Waals surface area contributed by atoms with Crippen molar-refractivity contribution < 1.29 is 21.7 Å². The van der Waals surface area contributed by atoms with Crippen molar-refractivity contribution >= 4 is 17.7 Å². The van der Waals surface area contributed by atoms with Crippen molar-refractivity contribution in [2.45, 2.75) is 12.8 Å². The summed E-state index contributed by atoms with van der Waals surface area (Å²) >= 11 is 1.81. The molecule has 0 rings (SSSR count). The Bertz CT molecular complexity index is 159. The average Bonchev–Trinajstić information content (AvgIpc) is 1.93. The molecule has 0 fully saturated rings. The van der Waals surface area contributed by atoms with Crippen LogP contribution in [0, 0.1) is 0 Å². The highest BCUT2D eigenvalue weighted by molar-refractivity contribution is 7.99. The Balaban J connectivity index is 0. The molecule has 1 amide bonds. The Morgan fingerprint density at radius 1 is 1.29 bits per heavy atom. The summed E-state index contributed by atoms with van der Waals surface area (Å²) in [5.41, 5.74) is 5.02. The van der Waals surface area contributed by atoms with Crippen LogP contribution in [0.3, 0.4) is 0 Å². The number of carbonyl (C=O) groups is 1. The molecule has 86 valence electrons. The molecule has 0 saturated carbocycles. The molecule has 0 aliphatic rings. The maximum absolute atomic E-state index is 10.4. The van der Waals surface area contributed by atoms with Gasteiger partial charge in [-0.15, -0.1) is 0 Å². The molecule has 0 aromatic heterocycles. The second kappa shape index (κ2) is 8.38. The smallest absolute Gasteiger partial charge is 0.218 e. The standard InChI is InChI=1S/C9H20N2OS.ClH/c1-11(2,3)6-4-7-13-8-5-9(10)12;/h4-8H2,1-3H3,(H-,10,12);1H. The Hall–Kier alpha value is 0.0700. The van der Waals surface area contributed by atoms with E-state index in [1.807, 2.05) is 11.8 Å². The molecular weight excluding hydrogens is 220 g/mol. The number of nitrogens with zero attached hydrogens (tertiary/aromatic N) is 1. The third-order valence-corrected chi connectivity index (χ3v) is 2.68. The monoisotopic (exact) mass is 240 g/mol. The van der Waals surface area contributed by atoms with Crippen molar-refractivity contribution in [2.75, 3.05) is 39.2 Å². The first-order valence-corrected chi connectivity index (χ1v) is 5.74. The van der Waals surface area contributed by atoms with E-state index in [9.17, 15) is 4.79 Å². The van der Waals surface area contributed by atoms with Crippen LogP contribution < -0.4 is 18.1 Å². The van der Waals surface area contributed by atoms with Crippen LogP contribution in [0.4, 0.5) is 0 Å². The van der Waals surface area contributed by atoms with Crippen molar-refractivity contribution in [2.24, 2.45) is 5.73 Å². The Kier molecular flexibility index (Phi) is 9.88. The van der Waals surface area contributed by atoms with Gasteiger partial charge in [0.2, 0.25) is 5.91 Å². The van der Waals surface area contributed by atoms with Crippen LogP contribution in [-0.2, 0) is 4.79 Å². The molecule has 0 unspecified atom stereocenters. The first-order valence-electron chi connectivity index (χ1n) is 4.58. The van der Waals surface area contributed by atoms with E-state index < -0.39 is 0 Å². The number of thioether (sulfide) groups is 1. The summed E-state index contributed by atoms with van der Waals surface area (Å²) in [4.78, 5) is 10.4. The van der Waals surface area contributed by atoms with Crippen molar-refractivity contribution in [1.82, 2.24) is 0 Å². The van der Waals surface area contributed by atoms with Crippen molar-refractivity contribution in [3.05, 3.63) is 0 Å². The second-order valence-electron chi connectivity index (χ2n) is 4.20. The van der Waals surface area contributed by atoms with Gasteiger partial charge in [0.25, 0.3) is 0 Å². The summed E-state index contributed by atoms with van der Waals surface area (Å²) in [6.45, 7) is 1.18. The van der Waals surface area contributed by atoms with E-state index in [-0.39, 0.29) is 18.3 Å². The van der Waals surface area contributed by atoms with Gasteiger partial charge in [-0.1, -0.05) is 0 Å². The number of amides is 1. The fourth-order valence-corrected chi connectivity index (χ4v) is 1.80. The largest absolute Gasteiger partial charge is 1.00 e. The van der Waals surface area contributed by atoms with E-state index >= 15 is 0 Å². The van der Waals surface area contributed by atoms with Crippen LogP contribution in [0.1, 0.15) is 12.8 Å². The van der Waals surface area contributed by atoms with E-state index in [1.165, 1.54) is 13.0 Å². The molecule has 0 spiro atoms. The fraction of sp³-hybridized carbons (Fsp3) is 0.889. The van der Waals surface area contributed by atoms with E-state index in [0.29, 0.717) is 6.42 Å². The first kappa shape index (κ1) is 16.5. The molecule has 0 aromatic rings. The lowest BCUT2D eigenvalue weighted by Crippen LogP contribution is -3.00. The van der Waals surface area contributed by atoms with Crippen LogP contribution in [0.5, 0.6) is 0 Å². The third kappa shape index (κ3) is 14.6. The van der Waals surface area contributed by atoms with Gasteiger partial charge in [0.1, 0.15) is 0 Å². The molecule has 2 N–H and O–H groups in total. The van der Waals surface area contributed by atoms with Gasteiger partial charge in [-0.3, -0.25) is 4.79 Å². The summed E-state index contributed by atoms with van der Waals surface area (Å²) in [5, 5.41) is 0. The SMILES string of the molecule is C[N+](C)(C)CCCSCCC(N)=O.[Cl-]. The summed E-state index contributed by atoms with van der Waals surface area (Å²) < 4.78 is 1.01. The summed E-state index contributed by atoms with van der Waals surface area (Å²) in [7, 11) is 6.57. The van der Waals surface area contributed by atoms with Gasteiger partial charge in [0.15, 0.2) is 0 Å². The quantitative estimate of drug-likeness (QED) is 0.402. The fourth-order valence-electron chi connectivity index (χ4n) is 0.916. The van der Waals surface area contributed by atoms with E-state index in [2.05, 4.69) is 21.1 Å². The molecule has 0 aliphatic heterocycles. The zero-order valence-corrected chi connectivity index (χ0v) is 10.8. The first-order chi connectivity index (χ1) is 5.92. The second-order valence-corrected chi connectivity index (χ2v) is 5.42. The lowest BCUT2D eigenvalue weighted by atomic mass is 10.4. The number of hydrogen-bond acceptors (Lipinski definition) is 2. The number of quaternary nitrogens is 1. The normalized spacial score (nSPS) is 10.8. The van der Waals surface area contributed by atoms with Crippen molar-refractivity contribution in [1.29, 1.82) is 0 Å². The van der Waals surface area contributed by atoms with Gasteiger partial charge in [0.05, 0.1) is 27.7 Å². The van der Waals surface area contributed by atoms with Gasteiger partial charge in [-0.2, -0.15) is 11.8 Å². The van der Waals surface area contributed by atoms with E-state index in [1.54, 1.807) is 0 Å². The lowest BCUT2D eigenvalue weighted by molar-refractivity contribution is -0.870. The van der Waals surface area contributed by atoms with Gasteiger partial charge in [-0.05, 0) is 5.75 Å². The van der Waals surface area contributed by atoms with Crippen LogP contribution in [0.25, 0.3) is 0 Å². The predicted octanol–water partition coefficient (Wildman–Crippen LogP) is -2.30. The van der Waals surface area contributed by atoms with Gasteiger partial charge in [0, 0.05) is 18.6 Å². The van der Waals surface area contributed by atoms with Crippen molar-refractivity contribution in [3.63, 3.8) is 0 Å². The molecule has 3 nitrogen and oxygen atoms in total. The Morgan fingerprint density at radius 3 is 2.29 bits per heavy atom. The van der Waals surface area contributed by atoms with Crippen LogP contribution in [-0.4, -0.2) is 49.6 Å². The number of rotatable bonds is 7. The van der Waals surface area contributed by atoms with Gasteiger partial charge < -0.3 is 22.6 Å². The number of halogens is 1. The Morgan fingerprint density at radius 2 is 1.86 bits per heavy atom. The highest BCUT2D eigenvalue weighted by Gasteiger charge is 2.05. The molecule has 0 heterocycles. The highest BCUT2D eigenvalue weighted by Crippen LogP contribution is 2.05. The summed E-state index contributed by atoms with van der Waals surface area (Å²) in [5.74, 6) is 1.80. The van der Waals surface area contributed by atoms with Gasteiger partial charge >= 0.3 is 0 Å². The minimum Gasteiger partial charge on any atom is -1.00 e. The van der Waals surface area contributed by atoms with Gasteiger partial charge in [-0.25, -0.2) is 0 Å². The molecule has 0 radical (unpaired) electrons. The molecule has 0 atom stereocenters. The topological polar surface area (TPSA) is 43.1 Å². The zero-order valence-electron chi connectivity index (χ0n) is 9.25. The Labute approximate surface area is 97.4 Å². The van der Waals surface area contributed by atoms with Crippen molar-refractivity contribution in [3.8, 4) is 0 Å². The zero-order chi connectivity index (χ0) is 10.3. The lowest BCUT2D eigenvalue weighted by Gasteiger charge is -2.23. The summed E-state index contributed by atoms with van der Waals surface area (Å²) in [6, 6.07) is 0. The molecular formula is C9H21ClN2OS. The maximum atomic E-state index is 10.4. The maximum Gasteiger partial charge on any atom is 0.218 e. The van der Waals surface area contributed by atoms with E-state index in [0.717, 1.165) is 16.0 Å². The molecule has 0 bridgehead atoms. The molecule has 14 heavy (non-hydrogen) atoms. The molecule has 0 saturated heterocycles. The highest BCUT2D eigenvalue weighted by atomic mass is 35.5. The number of primary amides is 1. The number of hydrogen-bond donors (Lipinski definition) is 1. The number of nitrogens with two attached hydrogens (primary N) is 1. The van der Waals surface area contributed by atoms with Crippen LogP contribution in [0.2, 0.25) is 0 Å². The summed E-state index contributed by atoms with van der Waals surface area (Å²) in [6.07, 6.45) is 1.71. The minimum atomic E-state index is -0.195. The molecule has 0 aliphatic carbocycles. The molecule has 5 heteroatoms. The van der Waals surface area contributed by atoms with Crippen LogP contribution in [0.15, 0.2) is 0 Å². The molecule has 0 aromatic carbocycles. The number of carbonyl (C=O) groups excluding carboxylic acids is 1. The minimum absolute atomic E-state index is 0. The average molecular weight is 241 g/mol. The predicted molar refractivity (Wildman–Crippen MR) is 58.7 cm³/mol. The van der Waals surface area contributed by atoms with E-state index in [4.69, 9.17) is 5.73 Å². The van der Waals surface area contributed by atoms with Crippen LogP contribution >= 0.6 is 11.8 Å².